The van der Waals surface area contributed by atoms with E-state index in [0.717, 1.165) is 24.8 Å². The molecule has 1 heterocycles. The van der Waals surface area contributed by atoms with Crippen LogP contribution in [0.15, 0.2) is 36.4 Å². The van der Waals surface area contributed by atoms with E-state index < -0.39 is 17.7 Å². The van der Waals surface area contributed by atoms with Crippen molar-refractivity contribution in [2.24, 2.45) is 0 Å². The van der Waals surface area contributed by atoms with Gasteiger partial charge in [0.05, 0.1) is 11.6 Å². The van der Waals surface area contributed by atoms with Crippen LogP contribution in [0.5, 0.6) is 0 Å². The van der Waals surface area contributed by atoms with Crippen molar-refractivity contribution in [3.05, 3.63) is 47.5 Å². The van der Waals surface area contributed by atoms with Crippen LogP contribution in [0.1, 0.15) is 51.2 Å². The molecule has 6 nitrogen and oxygen atoms in total. The minimum absolute atomic E-state index is 0.0635. The monoisotopic (exact) mass is 383 g/mol. The second-order valence-electron chi connectivity index (χ2n) is 7.96. The number of amides is 2. The minimum atomic E-state index is -0.592. The highest BCUT2D eigenvalue weighted by Gasteiger charge is 2.29. The van der Waals surface area contributed by atoms with Crippen LogP contribution in [-0.4, -0.2) is 41.6 Å². The van der Waals surface area contributed by atoms with E-state index in [0.29, 0.717) is 25.1 Å². The lowest BCUT2D eigenvalue weighted by molar-refractivity contribution is -0.132. The second-order valence-corrected chi connectivity index (χ2v) is 7.96. The van der Waals surface area contributed by atoms with Crippen molar-refractivity contribution in [2.45, 2.75) is 58.1 Å². The average molecular weight is 383 g/mol. The predicted molar refractivity (Wildman–Crippen MR) is 108 cm³/mol. The smallest absolute Gasteiger partial charge is 0.408 e. The Balaban J connectivity index is 1.88. The van der Waals surface area contributed by atoms with E-state index in [1.807, 2.05) is 24.3 Å². The Morgan fingerprint density at radius 2 is 2.00 bits per heavy atom. The summed E-state index contributed by atoms with van der Waals surface area (Å²) in [5.41, 5.74) is 1.17. The highest BCUT2D eigenvalue weighted by Crippen LogP contribution is 2.14. The fraction of sp³-hybridized carbons (Fsp3) is 0.500. The van der Waals surface area contributed by atoms with Crippen molar-refractivity contribution >= 4 is 12.0 Å². The molecule has 0 radical (unpaired) electrons. The molecular weight excluding hydrogens is 354 g/mol. The number of hydrogen-bond acceptors (Lipinski definition) is 4. The van der Waals surface area contributed by atoms with E-state index in [4.69, 9.17) is 10.00 Å². The molecule has 1 fully saturated rings. The molecule has 1 aliphatic rings. The number of alkyl carbamates (subject to hydrolysis) is 1. The summed E-state index contributed by atoms with van der Waals surface area (Å²) >= 11 is 0. The molecule has 0 unspecified atom stereocenters. The van der Waals surface area contributed by atoms with Crippen LogP contribution in [0, 0.1) is 11.3 Å². The fourth-order valence-electron chi connectivity index (χ4n) is 3.01. The van der Waals surface area contributed by atoms with Crippen molar-refractivity contribution in [1.82, 2.24) is 10.2 Å². The van der Waals surface area contributed by atoms with Gasteiger partial charge in [-0.05, 0) is 64.2 Å². The molecule has 0 aromatic heterocycles. The van der Waals surface area contributed by atoms with Gasteiger partial charge in [0.15, 0.2) is 0 Å². The van der Waals surface area contributed by atoms with Crippen molar-refractivity contribution in [1.29, 1.82) is 5.26 Å². The summed E-state index contributed by atoms with van der Waals surface area (Å²) in [4.78, 5) is 26.6. The average Bonchev–Trinajstić information content (AvgIpc) is 2.80. The number of likely N-dealkylation sites (tertiary alicyclic amines) is 1. The summed E-state index contributed by atoms with van der Waals surface area (Å²) in [7, 11) is 0. The van der Waals surface area contributed by atoms with E-state index in [1.54, 1.807) is 37.8 Å². The summed E-state index contributed by atoms with van der Waals surface area (Å²) in [6, 6.07) is 9.03. The molecule has 1 aliphatic heterocycles. The Bertz CT molecular complexity index is 742. The van der Waals surface area contributed by atoms with E-state index in [-0.39, 0.29) is 5.91 Å². The van der Waals surface area contributed by atoms with Gasteiger partial charge in [0.1, 0.15) is 11.6 Å². The summed E-state index contributed by atoms with van der Waals surface area (Å²) in [5, 5.41) is 11.6. The third-order valence-corrected chi connectivity index (χ3v) is 4.40. The van der Waals surface area contributed by atoms with Crippen LogP contribution >= 0.6 is 0 Å². The first kappa shape index (κ1) is 21.5. The van der Waals surface area contributed by atoms with Crippen LogP contribution < -0.4 is 5.32 Å². The zero-order valence-electron chi connectivity index (χ0n) is 16.9. The zero-order valence-corrected chi connectivity index (χ0v) is 16.9. The third-order valence-electron chi connectivity index (χ3n) is 4.40. The summed E-state index contributed by atoms with van der Waals surface area (Å²) in [6.07, 6.45) is 6.63. The topological polar surface area (TPSA) is 82.4 Å². The number of carbonyl (C=O) groups excluding carboxylic acids is 2. The Morgan fingerprint density at radius 1 is 1.29 bits per heavy atom. The Kier molecular flexibility index (Phi) is 7.62. The molecule has 2 rings (SSSR count). The lowest BCUT2D eigenvalue weighted by Crippen LogP contribution is -2.48. The molecule has 1 N–H and O–H groups in total. The number of ether oxygens (including phenoxy) is 1. The van der Waals surface area contributed by atoms with Crippen LogP contribution in [0.2, 0.25) is 0 Å². The molecule has 0 bridgehead atoms. The van der Waals surface area contributed by atoms with Crippen LogP contribution in [0.4, 0.5) is 4.79 Å². The standard InChI is InChI=1S/C22H29N3O3/c1-22(2,3)28-21(27)24-19-9-5-7-15-25(20(19)26)14-6-4-8-17-10-12-18(16-23)13-11-17/h4,6,10-13,19H,5,7-9,14-15H2,1-3H3,(H,24,27)/b6-4+/t19-/m0/s1. The molecule has 6 heteroatoms. The number of nitriles is 1. The first-order chi connectivity index (χ1) is 13.3. The molecule has 28 heavy (non-hydrogen) atoms. The number of allylic oxidation sites excluding steroid dienone is 1. The van der Waals surface area contributed by atoms with Gasteiger partial charge in [0.25, 0.3) is 0 Å². The molecule has 2 amide bonds. The quantitative estimate of drug-likeness (QED) is 0.788. The van der Waals surface area contributed by atoms with E-state index >= 15 is 0 Å². The van der Waals surface area contributed by atoms with Gasteiger partial charge < -0.3 is 15.0 Å². The molecule has 150 valence electrons. The van der Waals surface area contributed by atoms with Crippen molar-refractivity contribution < 1.29 is 14.3 Å². The van der Waals surface area contributed by atoms with Crippen molar-refractivity contribution in [2.75, 3.05) is 13.1 Å². The van der Waals surface area contributed by atoms with Gasteiger partial charge in [0.2, 0.25) is 5.91 Å². The molecule has 0 aliphatic carbocycles. The number of carbonyl (C=O) groups is 2. The van der Waals surface area contributed by atoms with E-state index in [1.165, 1.54) is 0 Å². The first-order valence-electron chi connectivity index (χ1n) is 9.71. The lowest BCUT2D eigenvalue weighted by Gasteiger charge is -2.25. The predicted octanol–water partition coefficient (Wildman–Crippen LogP) is 3.56. The summed E-state index contributed by atoms with van der Waals surface area (Å²) in [6.45, 7) is 6.60. The van der Waals surface area contributed by atoms with Crippen LogP contribution in [0.25, 0.3) is 0 Å². The lowest BCUT2D eigenvalue weighted by atomic mass is 10.1. The normalized spacial score (nSPS) is 17.9. The van der Waals surface area contributed by atoms with Gasteiger partial charge in [-0.25, -0.2) is 4.79 Å². The Labute approximate surface area is 167 Å². The Hall–Kier alpha value is -2.81. The fourth-order valence-corrected chi connectivity index (χ4v) is 3.01. The molecule has 1 saturated heterocycles. The highest BCUT2D eigenvalue weighted by atomic mass is 16.6. The van der Waals surface area contributed by atoms with E-state index in [2.05, 4.69) is 11.4 Å². The van der Waals surface area contributed by atoms with Gasteiger partial charge in [-0.15, -0.1) is 0 Å². The molecule has 1 aromatic carbocycles. The van der Waals surface area contributed by atoms with Crippen LogP contribution in [0.3, 0.4) is 0 Å². The maximum atomic E-state index is 12.8. The van der Waals surface area contributed by atoms with Gasteiger partial charge in [-0.1, -0.05) is 24.3 Å². The number of hydrogen-bond donors (Lipinski definition) is 1. The van der Waals surface area contributed by atoms with Gasteiger partial charge >= 0.3 is 6.09 Å². The van der Waals surface area contributed by atoms with Crippen molar-refractivity contribution in [3.8, 4) is 6.07 Å². The molecule has 0 saturated carbocycles. The van der Waals surface area contributed by atoms with Gasteiger partial charge in [-0.3, -0.25) is 4.79 Å². The third kappa shape index (κ3) is 7.07. The van der Waals surface area contributed by atoms with Crippen LogP contribution in [-0.2, 0) is 16.0 Å². The molecule has 0 spiro atoms. The second kappa shape index (κ2) is 9.93. The van der Waals surface area contributed by atoms with Crippen molar-refractivity contribution in [3.63, 3.8) is 0 Å². The molecular formula is C22H29N3O3. The molecule has 1 atom stereocenters. The first-order valence-corrected chi connectivity index (χ1v) is 9.71. The number of nitrogens with one attached hydrogen (secondary N) is 1. The van der Waals surface area contributed by atoms with Gasteiger partial charge in [-0.2, -0.15) is 5.26 Å². The maximum Gasteiger partial charge on any atom is 0.408 e. The Morgan fingerprint density at radius 3 is 2.64 bits per heavy atom. The SMILES string of the molecule is CC(C)(C)OC(=O)N[C@H]1CCCCN(C/C=C/Cc2ccc(C#N)cc2)C1=O. The zero-order chi connectivity index (χ0) is 20.6. The van der Waals surface area contributed by atoms with Gasteiger partial charge in [0, 0.05) is 13.1 Å². The van der Waals surface area contributed by atoms with E-state index in [9.17, 15) is 9.59 Å². The number of rotatable bonds is 5. The maximum absolute atomic E-state index is 12.8. The number of nitrogens with zero attached hydrogens (tertiary/aromatic N) is 2. The summed E-state index contributed by atoms with van der Waals surface area (Å²) in [5.74, 6) is -0.0635. The number of benzene rings is 1. The highest BCUT2D eigenvalue weighted by molar-refractivity contribution is 5.86. The summed E-state index contributed by atoms with van der Waals surface area (Å²) < 4.78 is 5.27. The molecule has 1 aromatic rings. The largest absolute Gasteiger partial charge is 0.444 e. The minimum Gasteiger partial charge on any atom is -0.444 e.